The summed E-state index contributed by atoms with van der Waals surface area (Å²) in [5.74, 6) is 7.86. The zero-order valence-corrected chi connectivity index (χ0v) is 14.1. The molecule has 2 heteroatoms. The Morgan fingerprint density at radius 1 is 1.00 bits per heavy atom. The van der Waals surface area contributed by atoms with E-state index in [0.29, 0.717) is 22.3 Å². The van der Waals surface area contributed by atoms with Crippen LogP contribution in [0.5, 0.6) is 0 Å². The normalized spacial score (nSPS) is 50.7. The fraction of sp³-hybridized carbons (Fsp3) is 1.00. The molecule has 5 aliphatic carbocycles. The van der Waals surface area contributed by atoms with Gasteiger partial charge in [-0.2, -0.15) is 0 Å². The molecule has 0 spiro atoms. The first kappa shape index (κ1) is 14.5. The monoisotopic (exact) mass is 290 g/mol. The largest absolute Gasteiger partial charge is 0.271 e. The molecule has 4 bridgehead atoms. The van der Waals surface area contributed by atoms with Crippen molar-refractivity contribution in [3.8, 4) is 0 Å². The van der Waals surface area contributed by atoms with Crippen molar-refractivity contribution in [2.75, 3.05) is 0 Å². The minimum absolute atomic E-state index is 0.580. The zero-order valence-electron chi connectivity index (χ0n) is 14.1. The Kier molecular flexibility index (Phi) is 3.25. The first-order valence-electron chi connectivity index (χ1n) is 9.40. The van der Waals surface area contributed by atoms with E-state index < -0.39 is 0 Å². The van der Waals surface area contributed by atoms with Gasteiger partial charge in [0.2, 0.25) is 0 Å². The minimum Gasteiger partial charge on any atom is -0.271 e. The maximum Gasteiger partial charge on any atom is 0.0244 e. The second-order valence-corrected chi connectivity index (χ2v) is 10.2. The second-order valence-electron chi connectivity index (χ2n) is 10.2. The number of nitrogens with one attached hydrogen (secondary N) is 1. The summed E-state index contributed by atoms with van der Waals surface area (Å²) in [6, 6.07) is 0.580. The van der Waals surface area contributed by atoms with E-state index >= 15 is 0 Å². The van der Waals surface area contributed by atoms with E-state index in [0.717, 1.165) is 11.8 Å². The van der Waals surface area contributed by atoms with Crippen molar-refractivity contribution in [1.29, 1.82) is 0 Å². The van der Waals surface area contributed by atoms with Crippen molar-refractivity contribution >= 4 is 0 Å². The fourth-order valence-electron chi connectivity index (χ4n) is 8.10. The molecule has 120 valence electrons. The van der Waals surface area contributed by atoms with Crippen LogP contribution in [0.1, 0.15) is 84.5 Å². The van der Waals surface area contributed by atoms with Crippen molar-refractivity contribution < 1.29 is 0 Å². The summed E-state index contributed by atoms with van der Waals surface area (Å²) < 4.78 is 0. The summed E-state index contributed by atoms with van der Waals surface area (Å²) in [4.78, 5) is 0. The van der Waals surface area contributed by atoms with Gasteiger partial charge in [-0.15, -0.1) is 0 Å². The van der Waals surface area contributed by atoms with Gasteiger partial charge >= 0.3 is 0 Å². The van der Waals surface area contributed by atoms with Crippen LogP contribution in [0.3, 0.4) is 0 Å². The lowest BCUT2D eigenvalue weighted by Crippen LogP contribution is -2.57. The molecular weight excluding hydrogens is 256 g/mol. The molecule has 0 aromatic heterocycles. The van der Waals surface area contributed by atoms with Crippen molar-refractivity contribution in [3.63, 3.8) is 0 Å². The van der Waals surface area contributed by atoms with Gasteiger partial charge in [0.1, 0.15) is 0 Å². The number of nitrogens with two attached hydrogens (primary N) is 1. The Morgan fingerprint density at radius 2 is 1.62 bits per heavy atom. The molecule has 0 saturated heterocycles. The van der Waals surface area contributed by atoms with Gasteiger partial charge < -0.3 is 0 Å². The molecule has 0 aromatic carbocycles. The lowest BCUT2D eigenvalue weighted by atomic mass is 9.39. The van der Waals surface area contributed by atoms with Gasteiger partial charge in [0.25, 0.3) is 0 Å². The first-order chi connectivity index (χ1) is 9.93. The standard InChI is InChI=1S/C19H34N2/c1-17-7-14-8-18(2,11-17)13-19(9-14,12-17)10-16(21-20)15-5-3-4-6-15/h14-16,21H,3-13,20H2,1-2H3. The van der Waals surface area contributed by atoms with Gasteiger partial charge in [-0.1, -0.05) is 26.7 Å². The third-order valence-electron chi connectivity index (χ3n) is 7.58. The molecular formula is C19H34N2. The van der Waals surface area contributed by atoms with E-state index in [4.69, 9.17) is 5.84 Å². The van der Waals surface area contributed by atoms with E-state index in [-0.39, 0.29) is 0 Å². The molecule has 3 unspecified atom stereocenters. The van der Waals surface area contributed by atoms with Crippen molar-refractivity contribution in [2.45, 2.75) is 90.5 Å². The predicted molar refractivity (Wildman–Crippen MR) is 87.5 cm³/mol. The topological polar surface area (TPSA) is 38.0 Å². The van der Waals surface area contributed by atoms with Crippen molar-refractivity contribution in [1.82, 2.24) is 5.43 Å². The van der Waals surface area contributed by atoms with E-state index in [9.17, 15) is 0 Å². The molecule has 5 saturated carbocycles. The minimum atomic E-state index is 0.580. The molecule has 0 heterocycles. The summed E-state index contributed by atoms with van der Waals surface area (Å²) in [7, 11) is 0. The van der Waals surface area contributed by atoms with Gasteiger partial charge in [-0.05, 0) is 85.9 Å². The van der Waals surface area contributed by atoms with Gasteiger partial charge in [-0.25, -0.2) is 0 Å². The van der Waals surface area contributed by atoms with E-state index in [2.05, 4.69) is 19.3 Å². The van der Waals surface area contributed by atoms with Gasteiger partial charge in [0.15, 0.2) is 0 Å². The van der Waals surface area contributed by atoms with Crippen LogP contribution in [-0.2, 0) is 0 Å². The fourth-order valence-corrected chi connectivity index (χ4v) is 8.10. The molecule has 0 aromatic rings. The SMILES string of the molecule is CC12CC3CC(C)(C1)CC(CC(NN)C1CCCC1)(C3)C2. The molecule has 5 aliphatic rings. The van der Waals surface area contributed by atoms with Crippen LogP contribution >= 0.6 is 0 Å². The second kappa shape index (κ2) is 4.71. The van der Waals surface area contributed by atoms with Gasteiger partial charge in [0, 0.05) is 6.04 Å². The molecule has 3 N–H and O–H groups in total. The Morgan fingerprint density at radius 3 is 2.14 bits per heavy atom. The predicted octanol–water partition coefficient (Wildman–Crippen LogP) is 4.40. The van der Waals surface area contributed by atoms with Crippen LogP contribution in [0, 0.1) is 28.1 Å². The summed E-state index contributed by atoms with van der Waals surface area (Å²) in [5, 5.41) is 0. The third kappa shape index (κ3) is 2.47. The molecule has 5 rings (SSSR count). The maximum atomic E-state index is 6.00. The summed E-state index contributed by atoms with van der Waals surface area (Å²) in [6.07, 6.45) is 16.0. The zero-order chi connectivity index (χ0) is 14.7. The number of hydrogen-bond donors (Lipinski definition) is 2. The van der Waals surface area contributed by atoms with E-state index in [1.165, 1.54) is 70.6 Å². The Labute approximate surface area is 130 Å². The smallest absolute Gasteiger partial charge is 0.0244 e. The molecule has 3 atom stereocenters. The van der Waals surface area contributed by atoms with Gasteiger partial charge in [-0.3, -0.25) is 11.3 Å². The Hall–Kier alpha value is -0.0800. The van der Waals surface area contributed by atoms with Crippen LogP contribution in [0.2, 0.25) is 0 Å². The maximum absolute atomic E-state index is 6.00. The van der Waals surface area contributed by atoms with Crippen molar-refractivity contribution in [3.05, 3.63) is 0 Å². The highest BCUT2D eigenvalue weighted by Crippen LogP contribution is 2.70. The van der Waals surface area contributed by atoms with Crippen molar-refractivity contribution in [2.24, 2.45) is 33.9 Å². The highest BCUT2D eigenvalue weighted by atomic mass is 15.2. The average Bonchev–Trinajstić information content (AvgIpc) is 2.85. The lowest BCUT2D eigenvalue weighted by Gasteiger charge is -2.66. The molecule has 0 aliphatic heterocycles. The molecule has 2 nitrogen and oxygen atoms in total. The molecule has 5 fully saturated rings. The van der Waals surface area contributed by atoms with Crippen LogP contribution in [0.25, 0.3) is 0 Å². The number of hydrazine groups is 1. The summed E-state index contributed by atoms with van der Waals surface area (Å²) >= 11 is 0. The van der Waals surface area contributed by atoms with Crippen LogP contribution in [0.4, 0.5) is 0 Å². The van der Waals surface area contributed by atoms with E-state index in [1.54, 1.807) is 0 Å². The number of rotatable bonds is 4. The van der Waals surface area contributed by atoms with Gasteiger partial charge in [0.05, 0.1) is 0 Å². The summed E-state index contributed by atoms with van der Waals surface area (Å²) in [5.41, 5.74) is 5.14. The van der Waals surface area contributed by atoms with Crippen LogP contribution in [-0.4, -0.2) is 6.04 Å². The number of hydrogen-bond acceptors (Lipinski definition) is 2. The summed E-state index contributed by atoms with van der Waals surface area (Å²) in [6.45, 7) is 5.18. The first-order valence-corrected chi connectivity index (χ1v) is 9.40. The van der Waals surface area contributed by atoms with Crippen LogP contribution < -0.4 is 11.3 Å². The highest BCUT2D eigenvalue weighted by Gasteiger charge is 2.60. The van der Waals surface area contributed by atoms with E-state index in [1.807, 2.05) is 0 Å². The molecule has 0 amide bonds. The molecule has 0 radical (unpaired) electrons. The molecule has 21 heavy (non-hydrogen) atoms. The average molecular weight is 290 g/mol. The lowest BCUT2D eigenvalue weighted by molar-refractivity contribution is -0.151. The quantitative estimate of drug-likeness (QED) is 0.595. The van der Waals surface area contributed by atoms with Crippen LogP contribution in [0.15, 0.2) is 0 Å². The Balaban J connectivity index is 1.56. The third-order valence-corrected chi connectivity index (χ3v) is 7.58. The Bertz CT molecular complexity index is 394. The highest BCUT2D eigenvalue weighted by molar-refractivity contribution is 5.11.